The van der Waals surface area contributed by atoms with E-state index in [1.165, 1.54) is 32.1 Å². The van der Waals surface area contributed by atoms with E-state index in [-0.39, 0.29) is 0 Å². The van der Waals surface area contributed by atoms with E-state index in [1.54, 1.807) is 0 Å². The van der Waals surface area contributed by atoms with Crippen LogP contribution in [0.1, 0.15) is 46.0 Å². The van der Waals surface area contributed by atoms with Crippen molar-refractivity contribution in [1.29, 1.82) is 0 Å². The summed E-state index contributed by atoms with van der Waals surface area (Å²) in [5.41, 5.74) is 0. The summed E-state index contributed by atoms with van der Waals surface area (Å²) in [7, 11) is 0. The lowest BCUT2D eigenvalue weighted by molar-refractivity contribution is 0.656. The maximum Gasteiger partial charge on any atom is 0.00399 e. The molecule has 1 rings (SSSR count). The zero-order chi connectivity index (χ0) is 10.6. The smallest absolute Gasteiger partial charge is 0.00399 e. The lowest BCUT2D eigenvalue weighted by Crippen LogP contribution is -1.70. The molecule has 0 fully saturated rings. The number of hydrogen-bond donors (Lipinski definition) is 1. The van der Waals surface area contributed by atoms with Crippen molar-refractivity contribution in [3.8, 4) is 0 Å². The minimum Gasteiger partial charge on any atom is -0.143 e. The Hall–Kier alpha value is -0.430. The molecular weight excluding hydrogens is 188 g/mol. The Kier molecular flexibility index (Phi) is 10.3. The van der Waals surface area contributed by atoms with Crippen molar-refractivity contribution >= 4 is 12.6 Å². The Morgan fingerprint density at radius 3 is 1.64 bits per heavy atom. The maximum atomic E-state index is 4.08. The van der Waals surface area contributed by atoms with E-state index in [1.807, 2.05) is 30.3 Å². The van der Waals surface area contributed by atoms with Crippen LogP contribution in [0.25, 0.3) is 0 Å². The quantitative estimate of drug-likeness (QED) is 0.527. The third-order valence-corrected chi connectivity index (χ3v) is 2.26. The van der Waals surface area contributed by atoms with Crippen LogP contribution in [0, 0.1) is 0 Å². The molecule has 0 radical (unpaired) electrons. The lowest BCUT2D eigenvalue weighted by atomic mass is 10.2. The van der Waals surface area contributed by atoms with Crippen molar-refractivity contribution in [2.45, 2.75) is 50.8 Å². The molecule has 0 spiro atoms. The van der Waals surface area contributed by atoms with Gasteiger partial charge in [-0.15, -0.1) is 12.6 Å². The highest BCUT2D eigenvalue weighted by molar-refractivity contribution is 7.80. The van der Waals surface area contributed by atoms with E-state index < -0.39 is 0 Å². The van der Waals surface area contributed by atoms with Gasteiger partial charge in [0.2, 0.25) is 0 Å². The van der Waals surface area contributed by atoms with Crippen LogP contribution >= 0.6 is 12.6 Å². The van der Waals surface area contributed by atoms with E-state index >= 15 is 0 Å². The van der Waals surface area contributed by atoms with Crippen LogP contribution in [0.4, 0.5) is 0 Å². The number of benzene rings is 1. The number of rotatable bonds is 4. The molecule has 0 nitrogen and oxygen atoms in total. The summed E-state index contributed by atoms with van der Waals surface area (Å²) >= 11 is 4.08. The summed E-state index contributed by atoms with van der Waals surface area (Å²) in [6.07, 6.45) is 7.01. The summed E-state index contributed by atoms with van der Waals surface area (Å²) in [6.45, 7) is 4.49. The number of unbranched alkanes of at least 4 members (excludes halogenated alkanes) is 4. The minimum atomic E-state index is 1.02. The molecule has 0 saturated carbocycles. The Morgan fingerprint density at radius 2 is 1.36 bits per heavy atom. The molecule has 0 aliphatic carbocycles. The monoisotopic (exact) mass is 210 g/mol. The topological polar surface area (TPSA) is 0 Å². The van der Waals surface area contributed by atoms with Crippen LogP contribution in [0.3, 0.4) is 0 Å². The van der Waals surface area contributed by atoms with Crippen LogP contribution in [0.15, 0.2) is 35.2 Å². The second kappa shape index (κ2) is 10.6. The minimum absolute atomic E-state index is 1.02. The molecule has 80 valence electrons. The molecule has 0 atom stereocenters. The first-order chi connectivity index (χ1) is 6.81. The molecule has 0 bridgehead atoms. The molecule has 0 saturated heterocycles. The highest BCUT2D eigenvalue weighted by Gasteiger charge is 1.80. The van der Waals surface area contributed by atoms with Crippen LogP contribution < -0.4 is 0 Å². The molecular formula is C13H22S. The van der Waals surface area contributed by atoms with Crippen molar-refractivity contribution in [1.82, 2.24) is 0 Å². The van der Waals surface area contributed by atoms with Gasteiger partial charge >= 0.3 is 0 Å². The van der Waals surface area contributed by atoms with Crippen LogP contribution in [-0.4, -0.2) is 0 Å². The van der Waals surface area contributed by atoms with Gasteiger partial charge in [0.25, 0.3) is 0 Å². The van der Waals surface area contributed by atoms with Crippen molar-refractivity contribution in [2.75, 3.05) is 0 Å². The fourth-order valence-corrected chi connectivity index (χ4v) is 1.28. The maximum absolute atomic E-state index is 4.08. The van der Waals surface area contributed by atoms with Gasteiger partial charge in [0.15, 0.2) is 0 Å². The summed E-state index contributed by atoms with van der Waals surface area (Å²) in [6, 6.07) is 9.79. The molecule has 0 aliphatic heterocycles. The summed E-state index contributed by atoms with van der Waals surface area (Å²) < 4.78 is 0. The van der Waals surface area contributed by atoms with Gasteiger partial charge in [-0.2, -0.15) is 0 Å². The normalized spacial score (nSPS) is 9.07. The van der Waals surface area contributed by atoms with E-state index in [0.29, 0.717) is 0 Å². The van der Waals surface area contributed by atoms with Gasteiger partial charge in [-0.3, -0.25) is 0 Å². The molecule has 0 amide bonds. The predicted octanol–water partition coefficient (Wildman–Crippen LogP) is 4.95. The summed E-state index contributed by atoms with van der Waals surface area (Å²) in [5, 5.41) is 0. The van der Waals surface area contributed by atoms with Gasteiger partial charge in [-0.1, -0.05) is 64.2 Å². The SMILES string of the molecule is CCCCCCC.Sc1ccccc1. The number of thiol groups is 1. The third-order valence-electron chi connectivity index (χ3n) is 1.96. The Labute approximate surface area is 94.1 Å². The molecule has 0 unspecified atom stereocenters. The average molecular weight is 210 g/mol. The van der Waals surface area contributed by atoms with Crippen LogP contribution in [-0.2, 0) is 0 Å². The third kappa shape index (κ3) is 9.66. The lowest BCUT2D eigenvalue weighted by Gasteiger charge is -1.90. The Morgan fingerprint density at radius 1 is 0.857 bits per heavy atom. The molecule has 1 heteroatoms. The van der Waals surface area contributed by atoms with Gasteiger partial charge in [0.1, 0.15) is 0 Å². The first-order valence-electron chi connectivity index (χ1n) is 5.55. The highest BCUT2D eigenvalue weighted by atomic mass is 32.1. The van der Waals surface area contributed by atoms with Gasteiger partial charge in [0.05, 0.1) is 0 Å². The first-order valence-corrected chi connectivity index (χ1v) is 6.00. The zero-order valence-electron chi connectivity index (χ0n) is 9.37. The van der Waals surface area contributed by atoms with Gasteiger partial charge < -0.3 is 0 Å². The van der Waals surface area contributed by atoms with Crippen molar-refractivity contribution in [3.63, 3.8) is 0 Å². The largest absolute Gasteiger partial charge is 0.143 e. The van der Waals surface area contributed by atoms with Crippen molar-refractivity contribution in [2.24, 2.45) is 0 Å². The standard InChI is InChI=1S/C7H16.C6H6S/c1-3-5-7-6-4-2;7-6-4-2-1-3-5-6/h3-7H2,1-2H3;1-5,7H. The Balaban J connectivity index is 0.000000241. The summed E-state index contributed by atoms with van der Waals surface area (Å²) in [5.74, 6) is 0. The fourth-order valence-electron chi connectivity index (χ4n) is 1.10. The van der Waals surface area contributed by atoms with Crippen molar-refractivity contribution in [3.05, 3.63) is 30.3 Å². The predicted molar refractivity (Wildman–Crippen MR) is 68.1 cm³/mol. The molecule has 0 N–H and O–H groups in total. The van der Waals surface area contributed by atoms with Crippen molar-refractivity contribution < 1.29 is 0 Å². The molecule has 1 aromatic carbocycles. The second-order valence-corrected chi connectivity index (χ2v) is 3.91. The molecule has 0 heterocycles. The first kappa shape index (κ1) is 13.6. The highest BCUT2D eigenvalue weighted by Crippen LogP contribution is 2.01. The van der Waals surface area contributed by atoms with E-state index in [9.17, 15) is 0 Å². The molecule has 0 aromatic heterocycles. The van der Waals surface area contributed by atoms with Crippen LogP contribution in [0.2, 0.25) is 0 Å². The molecule has 0 aliphatic rings. The van der Waals surface area contributed by atoms with E-state index in [2.05, 4.69) is 26.5 Å². The molecule has 1 aromatic rings. The average Bonchev–Trinajstić information content (AvgIpc) is 2.21. The summed E-state index contributed by atoms with van der Waals surface area (Å²) in [4.78, 5) is 1.02. The van der Waals surface area contributed by atoms with Gasteiger partial charge in [0, 0.05) is 4.90 Å². The van der Waals surface area contributed by atoms with Gasteiger partial charge in [-0.05, 0) is 12.1 Å². The van der Waals surface area contributed by atoms with E-state index in [0.717, 1.165) is 4.90 Å². The Bertz CT molecular complexity index is 190. The zero-order valence-corrected chi connectivity index (χ0v) is 10.3. The number of hydrogen-bond acceptors (Lipinski definition) is 1. The fraction of sp³-hybridized carbons (Fsp3) is 0.538. The van der Waals surface area contributed by atoms with E-state index in [4.69, 9.17) is 0 Å². The molecule has 14 heavy (non-hydrogen) atoms. The van der Waals surface area contributed by atoms with Crippen LogP contribution in [0.5, 0.6) is 0 Å². The van der Waals surface area contributed by atoms with Gasteiger partial charge in [-0.25, -0.2) is 0 Å². The second-order valence-electron chi connectivity index (χ2n) is 3.40.